The molecule has 0 rings (SSSR count). The lowest BCUT2D eigenvalue weighted by Gasteiger charge is -2.00. The summed E-state index contributed by atoms with van der Waals surface area (Å²) in [5.41, 5.74) is 3.16. The molecule has 0 amide bonds. The van der Waals surface area contributed by atoms with Crippen molar-refractivity contribution in [2.75, 3.05) is 6.26 Å². The molecule has 0 saturated carbocycles. The Balaban J connectivity index is 3.79. The first-order valence-electron chi connectivity index (χ1n) is 3.39. The predicted molar refractivity (Wildman–Crippen MR) is 50.6 cm³/mol. The van der Waals surface area contributed by atoms with Crippen molar-refractivity contribution < 1.29 is 0 Å². The Morgan fingerprint density at radius 1 is 1.50 bits per heavy atom. The minimum absolute atomic E-state index is 0.610. The van der Waals surface area contributed by atoms with E-state index in [4.69, 9.17) is 0 Å². The van der Waals surface area contributed by atoms with E-state index < -0.39 is 0 Å². The maximum atomic E-state index is 4.09. The summed E-state index contributed by atoms with van der Waals surface area (Å²) in [6.07, 6.45) is 3.92. The number of hydrogen-bond acceptors (Lipinski definition) is 2. The van der Waals surface area contributed by atoms with Crippen molar-refractivity contribution >= 4 is 17.3 Å². The number of hydrogen-bond donors (Lipinski definition) is 0. The highest BCUT2D eigenvalue weighted by Gasteiger charge is 1.92. The summed E-state index contributed by atoms with van der Waals surface area (Å²) in [6.45, 7) is 6.43. The molecule has 0 aliphatic heterocycles. The summed E-state index contributed by atoms with van der Waals surface area (Å²) >= 11 is 1.62. The number of allylic oxidation sites excluding steroid dienone is 1. The molecule has 0 heterocycles. The Morgan fingerprint density at radius 2 is 2.10 bits per heavy atom. The van der Waals surface area contributed by atoms with Crippen LogP contribution in [0, 0.1) is 5.92 Å². The third-order valence-electron chi connectivity index (χ3n) is 1.36. The molecule has 0 aromatic heterocycles. The van der Waals surface area contributed by atoms with Crippen LogP contribution in [0.3, 0.4) is 0 Å². The molecule has 1 nitrogen and oxygen atoms in total. The molecule has 0 aromatic rings. The van der Waals surface area contributed by atoms with Gasteiger partial charge in [-0.1, -0.05) is 19.4 Å². The maximum absolute atomic E-state index is 4.09. The first-order chi connectivity index (χ1) is 4.68. The van der Waals surface area contributed by atoms with Gasteiger partial charge in [0.1, 0.15) is 0 Å². The van der Waals surface area contributed by atoms with Crippen molar-refractivity contribution in [1.82, 2.24) is 0 Å². The van der Waals surface area contributed by atoms with Crippen molar-refractivity contribution in [3.63, 3.8) is 0 Å². The van der Waals surface area contributed by atoms with E-state index in [0.29, 0.717) is 5.92 Å². The Kier molecular flexibility index (Phi) is 5.40. The van der Waals surface area contributed by atoms with Gasteiger partial charge in [0.25, 0.3) is 0 Å². The van der Waals surface area contributed by atoms with Gasteiger partial charge in [-0.25, -0.2) is 0 Å². The second kappa shape index (κ2) is 5.54. The minimum Gasteiger partial charge on any atom is -0.258 e. The normalized spacial score (nSPS) is 13.5. The van der Waals surface area contributed by atoms with Gasteiger partial charge >= 0.3 is 0 Å². The van der Waals surface area contributed by atoms with Crippen LogP contribution in [-0.4, -0.2) is 11.8 Å². The van der Waals surface area contributed by atoms with Crippen LogP contribution in [0.2, 0.25) is 0 Å². The lowest BCUT2D eigenvalue weighted by Crippen LogP contribution is -1.86. The largest absolute Gasteiger partial charge is 0.258 e. The van der Waals surface area contributed by atoms with Gasteiger partial charge in [-0.3, -0.25) is 4.99 Å². The molecule has 0 bridgehead atoms. The molecule has 58 valence electrons. The van der Waals surface area contributed by atoms with Crippen LogP contribution in [-0.2, 0) is 0 Å². The summed E-state index contributed by atoms with van der Waals surface area (Å²) in [7, 11) is 0. The fourth-order valence-corrected chi connectivity index (χ4v) is 0.541. The van der Waals surface area contributed by atoms with Gasteiger partial charge in [-0.15, -0.1) is 11.8 Å². The zero-order valence-electron chi connectivity index (χ0n) is 7.09. The van der Waals surface area contributed by atoms with Gasteiger partial charge < -0.3 is 0 Å². The highest BCUT2D eigenvalue weighted by Crippen LogP contribution is 2.07. The number of rotatable bonds is 3. The minimum atomic E-state index is 0.610. The van der Waals surface area contributed by atoms with E-state index >= 15 is 0 Å². The second-order valence-electron chi connectivity index (χ2n) is 2.52. The summed E-state index contributed by atoms with van der Waals surface area (Å²) in [5, 5.41) is 0. The van der Waals surface area contributed by atoms with Crippen molar-refractivity contribution in [2.45, 2.75) is 20.8 Å². The molecule has 0 fully saturated rings. The SMILES string of the molecule is CSC=N/C=C(\C)C(C)C. The fourth-order valence-electron chi connectivity index (χ4n) is 0.358. The van der Waals surface area contributed by atoms with E-state index in [2.05, 4.69) is 25.8 Å². The average molecular weight is 157 g/mol. The monoisotopic (exact) mass is 157 g/mol. The summed E-state index contributed by atoms with van der Waals surface area (Å²) in [5.74, 6) is 0.610. The molecule has 0 saturated heterocycles. The first kappa shape index (κ1) is 9.76. The molecule has 0 aliphatic carbocycles. The molecule has 0 aromatic carbocycles. The predicted octanol–water partition coefficient (Wildman–Crippen LogP) is 2.94. The van der Waals surface area contributed by atoms with Gasteiger partial charge in [0.2, 0.25) is 0 Å². The van der Waals surface area contributed by atoms with Gasteiger partial charge in [0.05, 0.1) is 5.55 Å². The van der Waals surface area contributed by atoms with Crippen LogP contribution in [0.1, 0.15) is 20.8 Å². The Labute approximate surface area is 67.6 Å². The highest BCUT2D eigenvalue weighted by molar-refractivity contribution is 8.11. The quantitative estimate of drug-likeness (QED) is 0.453. The van der Waals surface area contributed by atoms with Crippen molar-refractivity contribution in [3.05, 3.63) is 11.8 Å². The molecular formula is C8H15NS. The lowest BCUT2D eigenvalue weighted by atomic mass is 10.1. The topological polar surface area (TPSA) is 12.4 Å². The molecule has 10 heavy (non-hydrogen) atoms. The van der Waals surface area contributed by atoms with E-state index in [0.717, 1.165) is 0 Å². The number of nitrogens with zero attached hydrogens (tertiary/aromatic N) is 1. The molecule has 2 heteroatoms. The van der Waals surface area contributed by atoms with Crippen LogP contribution >= 0.6 is 11.8 Å². The van der Waals surface area contributed by atoms with E-state index in [9.17, 15) is 0 Å². The zero-order chi connectivity index (χ0) is 7.98. The highest BCUT2D eigenvalue weighted by atomic mass is 32.2. The van der Waals surface area contributed by atoms with Crippen LogP contribution in [0.25, 0.3) is 0 Å². The number of thioether (sulfide) groups is 1. The average Bonchev–Trinajstić information content (AvgIpc) is 1.88. The van der Waals surface area contributed by atoms with Gasteiger partial charge in [0, 0.05) is 6.20 Å². The van der Waals surface area contributed by atoms with Crippen LogP contribution in [0.5, 0.6) is 0 Å². The smallest absolute Gasteiger partial charge is 0.0593 e. The summed E-state index contributed by atoms with van der Waals surface area (Å²) in [4.78, 5) is 4.09. The third-order valence-corrected chi connectivity index (χ3v) is 1.69. The summed E-state index contributed by atoms with van der Waals surface area (Å²) < 4.78 is 0. The van der Waals surface area contributed by atoms with E-state index in [1.807, 2.05) is 18.0 Å². The van der Waals surface area contributed by atoms with Gasteiger partial charge in [-0.05, 0) is 19.1 Å². The first-order valence-corrected chi connectivity index (χ1v) is 4.68. The molecule has 0 atom stereocenters. The van der Waals surface area contributed by atoms with Crippen LogP contribution < -0.4 is 0 Å². The van der Waals surface area contributed by atoms with E-state index in [-0.39, 0.29) is 0 Å². The summed E-state index contributed by atoms with van der Waals surface area (Å²) in [6, 6.07) is 0. The molecule has 0 radical (unpaired) electrons. The van der Waals surface area contributed by atoms with Crippen molar-refractivity contribution in [2.24, 2.45) is 10.9 Å². The zero-order valence-corrected chi connectivity index (χ0v) is 7.90. The standard InChI is InChI=1S/C8H15NS/c1-7(2)8(3)5-9-6-10-4/h5-7H,1-4H3/b8-5+,9-6?. The van der Waals surface area contributed by atoms with Gasteiger partial charge in [0.15, 0.2) is 0 Å². The molecule has 0 N–H and O–H groups in total. The maximum Gasteiger partial charge on any atom is 0.0593 e. The Morgan fingerprint density at radius 3 is 2.50 bits per heavy atom. The van der Waals surface area contributed by atoms with Gasteiger partial charge in [-0.2, -0.15) is 0 Å². The Bertz CT molecular complexity index is 136. The Hall–Kier alpha value is -0.240. The second-order valence-corrected chi connectivity index (χ2v) is 3.20. The van der Waals surface area contributed by atoms with E-state index in [1.165, 1.54) is 5.57 Å². The van der Waals surface area contributed by atoms with Crippen molar-refractivity contribution in [3.8, 4) is 0 Å². The van der Waals surface area contributed by atoms with Crippen LogP contribution in [0.15, 0.2) is 16.8 Å². The molecule has 0 aliphatic rings. The molecule has 0 spiro atoms. The third kappa shape index (κ3) is 4.62. The van der Waals surface area contributed by atoms with Crippen LogP contribution in [0.4, 0.5) is 0 Å². The molecule has 0 unspecified atom stereocenters. The lowest BCUT2D eigenvalue weighted by molar-refractivity contribution is 0.766. The fraction of sp³-hybridized carbons (Fsp3) is 0.625. The van der Waals surface area contributed by atoms with Crippen molar-refractivity contribution in [1.29, 1.82) is 0 Å². The van der Waals surface area contributed by atoms with E-state index in [1.54, 1.807) is 11.8 Å². The molecular weight excluding hydrogens is 142 g/mol. The number of aliphatic imine (C=N–C) groups is 1.